The third-order valence-electron chi connectivity index (χ3n) is 1.55. The summed E-state index contributed by atoms with van der Waals surface area (Å²) >= 11 is 0. The third-order valence-corrected chi connectivity index (χ3v) is 1.55. The van der Waals surface area contributed by atoms with Crippen LogP contribution in [0.5, 0.6) is 0 Å². The molecule has 0 unspecified atom stereocenters. The number of hydrogen-bond acceptors (Lipinski definition) is 2. The lowest BCUT2D eigenvalue weighted by molar-refractivity contribution is 0.237. The minimum Gasteiger partial charge on any atom is -0.304 e. The molecule has 52 valence electrons. The van der Waals surface area contributed by atoms with E-state index in [1.165, 1.54) is 19.5 Å². The fraction of sp³-hybridized carbons (Fsp3) is 0.714. The maximum Gasteiger partial charge on any atom is 0.0483 e. The molecule has 0 spiro atoms. The van der Waals surface area contributed by atoms with Crippen molar-refractivity contribution in [3.05, 3.63) is 12.7 Å². The van der Waals surface area contributed by atoms with Gasteiger partial charge in [0.2, 0.25) is 0 Å². The molecular formula is C7H14N2. The van der Waals surface area contributed by atoms with Crippen LogP contribution in [0, 0.1) is 0 Å². The summed E-state index contributed by atoms with van der Waals surface area (Å²) in [7, 11) is 0. The Morgan fingerprint density at radius 3 is 3.11 bits per heavy atom. The molecule has 0 radical (unpaired) electrons. The van der Waals surface area contributed by atoms with Crippen molar-refractivity contribution in [2.45, 2.75) is 6.42 Å². The molecule has 0 aliphatic carbocycles. The van der Waals surface area contributed by atoms with Gasteiger partial charge in [0.1, 0.15) is 0 Å². The summed E-state index contributed by atoms with van der Waals surface area (Å²) in [6.45, 7) is 8.14. The predicted molar refractivity (Wildman–Crippen MR) is 39.3 cm³/mol. The van der Waals surface area contributed by atoms with Gasteiger partial charge in [-0.3, -0.25) is 4.90 Å². The lowest BCUT2D eigenvalue weighted by Gasteiger charge is -2.25. The molecule has 1 aliphatic heterocycles. The smallest absolute Gasteiger partial charge is 0.0483 e. The van der Waals surface area contributed by atoms with Gasteiger partial charge in [-0.25, -0.2) is 0 Å². The second-order valence-corrected chi connectivity index (χ2v) is 2.38. The van der Waals surface area contributed by atoms with Gasteiger partial charge in [0.05, 0.1) is 0 Å². The average Bonchev–Trinajstić information content (AvgIpc) is 1.91. The van der Waals surface area contributed by atoms with Crippen LogP contribution in [-0.4, -0.2) is 31.2 Å². The minimum atomic E-state index is 1.02. The van der Waals surface area contributed by atoms with E-state index in [9.17, 15) is 0 Å². The lowest BCUT2D eigenvalue weighted by Crippen LogP contribution is -2.41. The van der Waals surface area contributed by atoms with Crippen LogP contribution in [0.1, 0.15) is 6.42 Å². The molecule has 9 heavy (non-hydrogen) atoms. The fourth-order valence-electron chi connectivity index (χ4n) is 1.08. The molecule has 0 atom stereocenters. The van der Waals surface area contributed by atoms with Gasteiger partial charge in [0, 0.05) is 19.8 Å². The Labute approximate surface area is 56.5 Å². The van der Waals surface area contributed by atoms with E-state index in [1.807, 2.05) is 6.08 Å². The van der Waals surface area contributed by atoms with Crippen LogP contribution in [0.25, 0.3) is 0 Å². The second kappa shape index (κ2) is 3.64. The number of nitrogens with zero attached hydrogens (tertiary/aromatic N) is 1. The van der Waals surface area contributed by atoms with Crippen molar-refractivity contribution < 1.29 is 0 Å². The van der Waals surface area contributed by atoms with Crippen LogP contribution in [0.2, 0.25) is 0 Å². The monoisotopic (exact) mass is 126 g/mol. The first-order chi connectivity index (χ1) is 4.43. The van der Waals surface area contributed by atoms with Gasteiger partial charge >= 0.3 is 0 Å². The summed E-state index contributed by atoms with van der Waals surface area (Å²) in [4.78, 5) is 2.34. The number of rotatable bonds is 2. The van der Waals surface area contributed by atoms with Crippen LogP contribution >= 0.6 is 0 Å². The Bertz CT molecular complexity index is 84.9. The lowest BCUT2D eigenvalue weighted by atomic mass is 10.3. The van der Waals surface area contributed by atoms with Crippen molar-refractivity contribution in [3.8, 4) is 0 Å². The molecule has 1 N–H and O–H groups in total. The van der Waals surface area contributed by atoms with Gasteiger partial charge in [-0.15, -0.1) is 6.58 Å². The molecule has 1 heterocycles. The quantitative estimate of drug-likeness (QED) is 0.540. The van der Waals surface area contributed by atoms with E-state index < -0.39 is 0 Å². The average molecular weight is 126 g/mol. The molecule has 1 saturated heterocycles. The van der Waals surface area contributed by atoms with Gasteiger partial charge in [0.15, 0.2) is 0 Å². The minimum absolute atomic E-state index is 1.02. The van der Waals surface area contributed by atoms with E-state index in [-0.39, 0.29) is 0 Å². The molecule has 1 fully saturated rings. The SMILES string of the molecule is C=CCN1CCCNC1. The molecule has 1 rings (SSSR count). The molecule has 0 aromatic rings. The van der Waals surface area contributed by atoms with E-state index in [1.54, 1.807) is 0 Å². The topological polar surface area (TPSA) is 15.3 Å². The molecular weight excluding hydrogens is 112 g/mol. The highest BCUT2D eigenvalue weighted by Gasteiger charge is 2.05. The summed E-state index contributed by atoms with van der Waals surface area (Å²) in [5.41, 5.74) is 0. The molecule has 0 bridgehead atoms. The van der Waals surface area contributed by atoms with E-state index in [2.05, 4.69) is 16.8 Å². The summed E-state index contributed by atoms with van der Waals surface area (Å²) < 4.78 is 0. The van der Waals surface area contributed by atoms with E-state index in [4.69, 9.17) is 0 Å². The molecule has 0 aromatic heterocycles. The van der Waals surface area contributed by atoms with E-state index in [0.29, 0.717) is 0 Å². The number of nitrogens with one attached hydrogen (secondary N) is 1. The van der Waals surface area contributed by atoms with Crippen LogP contribution in [-0.2, 0) is 0 Å². The Morgan fingerprint density at radius 2 is 2.56 bits per heavy atom. The van der Waals surface area contributed by atoms with Crippen molar-refractivity contribution >= 4 is 0 Å². The zero-order chi connectivity index (χ0) is 6.53. The highest BCUT2D eigenvalue weighted by atomic mass is 15.2. The first kappa shape index (κ1) is 6.78. The van der Waals surface area contributed by atoms with Crippen LogP contribution in [0.15, 0.2) is 12.7 Å². The van der Waals surface area contributed by atoms with Crippen molar-refractivity contribution in [1.82, 2.24) is 10.2 Å². The van der Waals surface area contributed by atoms with E-state index in [0.717, 1.165) is 13.2 Å². The fourth-order valence-corrected chi connectivity index (χ4v) is 1.08. The summed E-state index contributed by atoms with van der Waals surface area (Å²) in [5, 5.41) is 3.30. The van der Waals surface area contributed by atoms with Crippen molar-refractivity contribution in [3.63, 3.8) is 0 Å². The van der Waals surface area contributed by atoms with Crippen molar-refractivity contribution in [2.75, 3.05) is 26.3 Å². The standard InChI is InChI=1S/C7H14N2/c1-2-5-9-6-3-4-8-7-9/h2,8H,1,3-7H2. The normalized spacial score (nSPS) is 21.8. The first-order valence-corrected chi connectivity index (χ1v) is 3.47. The maximum absolute atomic E-state index is 3.69. The van der Waals surface area contributed by atoms with Crippen LogP contribution in [0.3, 0.4) is 0 Å². The van der Waals surface area contributed by atoms with Gasteiger partial charge in [-0.2, -0.15) is 0 Å². The molecule has 0 saturated carbocycles. The van der Waals surface area contributed by atoms with Crippen molar-refractivity contribution in [2.24, 2.45) is 0 Å². The van der Waals surface area contributed by atoms with E-state index >= 15 is 0 Å². The zero-order valence-corrected chi connectivity index (χ0v) is 5.77. The molecule has 0 aromatic carbocycles. The Morgan fingerprint density at radius 1 is 1.67 bits per heavy atom. The predicted octanol–water partition coefficient (Wildman–Crippen LogP) is 0.425. The number of hydrogen-bond donors (Lipinski definition) is 1. The summed E-state index contributed by atoms with van der Waals surface area (Å²) in [6.07, 6.45) is 3.22. The Hall–Kier alpha value is -0.340. The highest BCUT2D eigenvalue weighted by molar-refractivity contribution is 4.74. The van der Waals surface area contributed by atoms with Crippen molar-refractivity contribution in [1.29, 1.82) is 0 Å². The first-order valence-electron chi connectivity index (χ1n) is 3.47. The van der Waals surface area contributed by atoms with Crippen LogP contribution in [0.4, 0.5) is 0 Å². The molecule has 2 heteroatoms. The molecule has 1 aliphatic rings. The third kappa shape index (κ3) is 2.16. The van der Waals surface area contributed by atoms with Gasteiger partial charge < -0.3 is 5.32 Å². The largest absolute Gasteiger partial charge is 0.304 e. The summed E-state index contributed by atoms with van der Waals surface area (Å²) in [5.74, 6) is 0. The highest BCUT2D eigenvalue weighted by Crippen LogP contribution is 1.93. The second-order valence-electron chi connectivity index (χ2n) is 2.38. The molecule has 0 amide bonds. The summed E-state index contributed by atoms with van der Waals surface area (Å²) in [6, 6.07) is 0. The van der Waals surface area contributed by atoms with Gasteiger partial charge in [-0.1, -0.05) is 6.08 Å². The Kier molecular flexibility index (Phi) is 2.74. The maximum atomic E-state index is 3.69. The zero-order valence-electron chi connectivity index (χ0n) is 5.77. The molecule has 2 nitrogen and oxygen atoms in total. The van der Waals surface area contributed by atoms with Crippen LogP contribution < -0.4 is 5.32 Å². The van der Waals surface area contributed by atoms with Gasteiger partial charge in [-0.05, 0) is 13.0 Å². The van der Waals surface area contributed by atoms with Gasteiger partial charge in [0.25, 0.3) is 0 Å². The Balaban J connectivity index is 2.15.